The molecule has 0 radical (unpaired) electrons. The van der Waals surface area contributed by atoms with Crippen LogP contribution in [0, 0.1) is 18.8 Å². The lowest BCUT2D eigenvalue weighted by Gasteiger charge is -2.03. The fourth-order valence-electron chi connectivity index (χ4n) is 1.09. The van der Waals surface area contributed by atoms with Crippen LogP contribution in [-0.2, 0) is 0 Å². The number of benzene rings is 1. The first-order valence-electron chi connectivity index (χ1n) is 3.73. The highest BCUT2D eigenvalue weighted by molar-refractivity contribution is 6.64. The Labute approximate surface area is 71.5 Å². The molecule has 0 saturated carbocycles. The molecule has 0 aromatic heterocycles. The lowest BCUT2D eigenvalue weighted by atomic mass is 9.73. The van der Waals surface area contributed by atoms with Crippen molar-refractivity contribution in [3.8, 4) is 0 Å². The van der Waals surface area contributed by atoms with Gasteiger partial charge in [-0.05, 0) is 19.3 Å². The zero-order valence-corrected chi connectivity index (χ0v) is 7.11. The van der Waals surface area contributed by atoms with Gasteiger partial charge in [0.25, 0.3) is 0 Å². The number of aryl methyl sites for hydroxylation is 2. The van der Waals surface area contributed by atoms with Gasteiger partial charge in [-0.25, -0.2) is 0 Å². The first kappa shape index (κ1) is 8.94. The SMILES string of the molecule is Cc1ccc(C)c(B(O)N=O)c1. The molecular weight excluding hydrogens is 153 g/mol. The van der Waals surface area contributed by atoms with Crippen LogP contribution in [0.2, 0.25) is 0 Å². The number of rotatable bonds is 2. The quantitative estimate of drug-likeness (QED) is 0.516. The number of hydrogen-bond acceptors (Lipinski definition) is 3. The maximum Gasteiger partial charge on any atom is 0.517 e. The summed E-state index contributed by atoms with van der Waals surface area (Å²) in [5.41, 5.74) is 2.48. The molecule has 0 amide bonds. The van der Waals surface area contributed by atoms with Crippen molar-refractivity contribution in [3.05, 3.63) is 34.2 Å². The molecule has 0 saturated heterocycles. The van der Waals surface area contributed by atoms with Crippen LogP contribution in [0.1, 0.15) is 11.1 Å². The smallest absolute Gasteiger partial charge is 0.425 e. The Bertz CT molecular complexity index is 301. The summed E-state index contributed by atoms with van der Waals surface area (Å²) >= 11 is 0. The maximum absolute atomic E-state index is 10.1. The van der Waals surface area contributed by atoms with E-state index in [9.17, 15) is 4.91 Å². The molecule has 0 aliphatic heterocycles. The molecular formula is C8H10BNO2. The second-order valence-corrected chi connectivity index (χ2v) is 2.84. The zero-order chi connectivity index (χ0) is 9.14. The monoisotopic (exact) mass is 163 g/mol. The topological polar surface area (TPSA) is 49.7 Å². The molecule has 1 aromatic rings. The van der Waals surface area contributed by atoms with E-state index in [1.807, 2.05) is 26.0 Å². The van der Waals surface area contributed by atoms with Crippen LogP contribution in [-0.4, -0.2) is 12.1 Å². The third kappa shape index (κ3) is 1.71. The van der Waals surface area contributed by atoms with Gasteiger partial charge in [0.05, 0.1) is 0 Å². The van der Waals surface area contributed by atoms with Crippen LogP contribution < -0.4 is 5.46 Å². The summed E-state index contributed by atoms with van der Waals surface area (Å²) in [6.07, 6.45) is 0. The van der Waals surface area contributed by atoms with Gasteiger partial charge in [0.2, 0.25) is 0 Å². The molecule has 12 heavy (non-hydrogen) atoms. The van der Waals surface area contributed by atoms with Crippen LogP contribution in [0.5, 0.6) is 0 Å². The van der Waals surface area contributed by atoms with Crippen molar-refractivity contribution in [1.29, 1.82) is 0 Å². The Hall–Kier alpha value is -1.16. The molecule has 62 valence electrons. The van der Waals surface area contributed by atoms with Crippen LogP contribution >= 0.6 is 0 Å². The zero-order valence-electron chi connectivity index (χ0n) is 7.11. The standard InChI is InChI=1S/C8H10BNO2/c1-6-3-4-7(2)8(5-6)9(11)10-12/h3-5,11H,1-2H3. The highest BCUT2D eigenvalue weighted by Gasteiger charge is 2.17. The summed E-state index contributed by atoms with van der Waals surface area (Å²) in [4.78, 5) is 10.1. The number of hydrogen-bond donors (Lipinski definition) is 1. The summed E-state index contributed by atoms with van der Waals surface area (Å²) in [5, 5.41) is 11.7. The van der Waals surface area contributed by atoms with Crippen molar-refractivity contribution in [2.75, 3.05) is 0 Å². The first-order chi connectivity index (χ1) is 5.65. The largest absolute Gasteiger partial charge is 0.517 e. The van der Waals surface area contributed by atoms with E-state index in [0.29, 0.717) is 5.46 Å². The highest BCUT2D eigenvalue weighted by atomic mass is 16.3. The second kappa shape index (κ2) is 3.49. The van der Waals surface area contributed by atoms with Crippen molar-refractivity contribution in [2.45, 2.75) is 13.8 Å². The van der Waals surface area contributed by atoms with E-state index in [1.165, 1.54) is 0 Å². The van der Waals surface area contributed by atoms with Crippen LogP contribution in [0.4, 0.5) is 0 Å². The predicted octanol–water partition coefficient (Wildman–Crippen LogP) is 0.757. The van der Waals surface area contributed by atoms with Crippen molar-refractivity contribution in [3.63, 3.8) is 0 Å². The van der Waals surface area contributed by atoms with Crippen LogP contribution in [0.3, 0.4) is 0 Å². The molecule has 0 aliphatic carbocycles. The Morgan fingerprint density at radius 2 is 2.08 bits per heavy atom. The van der Waals surface area contributed by atoms with E-state index in [-0.39, 0.29) is 0 Å². The van der Waals surface area contributed by atoms with E-state index in [4.69, 9.17) is 5.02 Å². The first-order valence-corrected chi connectivity index (χ1v) is 3.73. The van der Waals surface area contributed by atoms with Gasteiger partial charge in [-0.2, -0.15) is 4.91 Å². The fraction of sp³-hybridized carbons (Fsp3) is 0.250. The number of nitroso groups, excluding NO2 is 1. The van der Waals surface area contributed by atoms with Crippen LogP contribution in [0.15, 0.2) is 23.3 Å². The predicted molar refractivity (Wildman–Crippen MR) is 49.3 cm³/mol. The molecule has 0 unspecified atom stereocenters. The summed E-state index contributed by atoms with van der Waals surface area (Å²) in [6, 6.07) is 5.55. The normalized spacial score (nSPS) is 9.58. The highest BCUT2D eigenvalue weighted by Crippen LogP contribution is 2.00. The maximum atomic E-state index is 10.1. The Balaban J connectivity index is 3.12. The van der Waals surface area contributed by atoms with Gasteiger partial charge in [0, 0.05) is 0 Å². The van der Waals surface area contributed by atoms with Crippen LogP contribution in [0.25, 0.3) is 0 Å². The van der Waals surface area contributed by atoms with Crippen molar-refractivity contribution in [1.82, 2.24) is 0 Å². The van der Waals surface area contributed by atoms with E-state index in [0.717, 1.165) is 11.1 Å². The van der Waals surface area contributed by atoms with Gasteiger partial charge in [-0.1, -0.05) is 34.4 Å². The minimum atomic E-state index is -1.23. The lowest BCUT2D eigenvalue weighted by Crippen LogP contribution is -2.30. The third-order valence-electron chi connectivity index (χ3n) is 1.81. The van der Waals surface area contributed by atoms with E-state index >= 15 is 0 Å². The average molecular weight is 163 g/mol. The van der Waals surface area contributed by atoms with Crippen molar-refractivity contribution in [2.24, 2.45) is 5.09 Å². The molecule has 0 spiro atoms. The van der Waals surface area contributed by atoms with E-state index < -0.39 is 7.05 Å². The average Bonchev–Trinajstić information content (AvgIpc) is 2.08. The summed E-state index contributed by atoms with van der Waals surface area (Å²) in [7, 11) is -1.23. The fourth-order valence-corrected chi connectivity index (χ4v) is 1.09. The van der Waals surface area contributed by atoms with Gasteiger partial charge in [0.15, 0.2) is 0 Å². The molecule has 0 fully saturated rings. The van der Waals surface area contributed by atoms with Gasteiger partial charge < -0.3 is 5.02 Å². The van der Waals surface area contributed by atoms with Gasteiger partial charge in [-0.15, -0.1) is 0 Å². The second-order valence-electron chi connectivity index (χ2n) is 2.84. The molecule has 1 N–H and O–H groups in total. The summed E-state index contributed by atoms with van der Waals surface area (Å²) < 4.78 is 0. The molecule has 0 heterocycles. The Morgan fingerprint density at radius 1 is 1.42 bits per heavy atom. The summed E-state index contributed by atoms with van der Waals surface area (Å²) in [5.74, 6) is 0. The Morgan fingerprint density at radius 3 is 2.67 bits per heavy atom. The lowest BCUT2D eigenvalue weighted by molar-refractivity contribution is 0.587. The molecule has 1 rings (SSSR count). The summed E-state index contributed by atoms with van der Waals surface area (Å²) in [6.45, 7) is 3.74. The third-order valence-corrected chi connectivity index (χ3v) is 1.81. The molecule has 4 heteroatoms. The van der Waals surface area contributed by atoms with Gasteiger partial charge in [-0.3, -0.25) is 0 Å². The minimum Gasteiger partial charge on any atom is -0.425 e. The van der Waals surface area contributed by atoms with Crippen molar-refractivity contribution >= 4 is 12.5 Å². The molecule has 0 aliphatic rings. The van der Waals surface area contributed by atoms with E-state index in [2.05, 4.69) is 5.09 Å². The molecule has 1 aromatic carbocycles. The van der Waals surface area contributed by atoms with Crippen molar-refractivity contribution < 1.29 is 5.02 Å². The number of nitrogens with zero attached hydrogens (tertiary/aromatic N) is 1. The van der Waals surface area contributed by atoms with Gasteiger partial charge >= 0.3 is 7.05 Å². The minimum absolute atomic E-state index is 0.588. The van der Waals surface area contributed by atoms with Gasteiger partial charge in [0.1, 0.15) is 0 Å². The molecule has 0 bridgehead atoms. The molecule has 0 atom stereocenters. The Kier molecular flexibility index (Phi) is 2.60. The van der Waals surface area contributed by atoms with E-state index in [1.54, 1.807) is 6.07 Å². The molecule has 3 nitrogen and oxygen atoms in total.